The summed E-state index contributed by atoms with van der Waals surface area (Å²) in [6.07, 6.45) is 5.76. The molecule has 0 amide bonds. The molecule has 2 aliphatic heterocycles. The summed E-state index contributed by atoms with van der Waals surface area (Å²) in [5.74, 6) is 0.729. The molecule has 3 aromatic rings. The van der Waals surface area contributed by atoms with Gasteiger partial charge in [-0.1, -0.05) is 48.0 Å². The highest BCUT2D eigenvalue weighted by atomic mass is 35.5. The lowest BCUT2D eigenvalue weighted by atomic mass is 10.0. The maximum Gasteiger partial charge on any atom is 0.160 e. The van der Waals surface area contributed by atoms with E-state index >= 15 is 0 Å². The predicted molar refractivity (Wildman–Crippen MR) is 117 cm³/mol. The average molecular weight is 422 g/mol. The fourth-order valence-electron chi connectivity index (χ4n) is 3.23. The lowest BCUT2D eigenvalue weighted by molar-refractivity contribution is 0.761. The predicted octanol–water partition coefficient (Wildman–Crippen LogP) is 5.56. The number of nitrogens with zero attached hydrogens (tertiary/aromatic N) is 4. The molecule has 1 aromatic heterocycles. The third-order valence-corrected chi connectivity index (χ3v) is 4.87. The molecule has 29 heavy (non-hydrogen) atoms. The van der Waals surface area contributed by atoms with Crippen LogP contribution in [0.15, 0.2) is 79.3 Å². The van der Waals surface area contributed by atoms with Crippen LogP contribution in [0.1, 0.15) is 5.69 Å². The van der Waals surface area contributed by atoms with Crippen LogP contribution >= 0.6 is 24.0 Å². The number of H-pyrrole nitrogens is 1. The van der Waals surface area contributed by atoms with Crippen molar-refractivity contribution in [3.05, 3.63) is 90.0 Å². The van der Waals surface area contributed by atoms with Crippen molar-refractivity contribution in [3.8, 4) is 33.9 Å². The van der Waals surface area contributed by atoms with Crippen molar-refractivity contribution in [2.75, 3.05) is 0 Å². The standard InChI is InChI=1S/C22H16ClN5.ClH/c23-18-3-1-2-17(12-18)15-4-6-16(7-5-15)22-25-20-9-11-28(14-21(20)26-22)13-19-8-10-24-27-19;/h1-12,14H,13H2,(H,24,27);1H. The van der Waals surface area contributed by atoms with Crippen molar-refractivity contribution in [2.45, 2.75) is 6.54 Å². The zero-order valence-corrected chi connectivity index (χ0v) is 16.9. The van der Waals surface area contributed by atoms with Crippen LogP contribution in [0.5, 0.6) is 0 Å². The topological polar surface area (TPSA) is 59.4 Å². The summed E-state index contributed by atoms with van der Waals surface area (Å²) in [7, 11) is 0. The van der Waals surface area contributed by atoms with Crippen molar-refractivity contribution in [2.24, 2.45) is 0 Å². The smallest absolute Gasteiger partial charge is 0.160 e. The van der Waals surface area contributed by atoms with E-state index in [0.717, 1.165) is 44.6 Å². The largest absolute Gasteiger partial charge is 0.346 e. The maximum atomic E-state index is 6.10. The molecular weight excluding hydrogens is 405 g/mol. The lowest BCUT2D eigenvalue weighted by Gasteiger charge is -2.05. The van der Waals surface area contributed by atoms with Gasteiger partial charge in [0.05, 0.1) is 17.9 Å². The number of hydrogen-bond donors (Lipinski definition) is 1. The third kappa shape index (κ3) is 4.01. The van der Waals surface area contributed by atoms with Crippen molar-refractivity contribution < 1.29 is 0 Å². The number of aromatic amines is 1. The molecule has 2 aromatic carbocycles. The van der Waals surface area contributed by atoms with Crippen molar-refractivity contribution in [1.82, 2.24) is 24.7 Å². The summed E-state index contributed by atoms with van der Waals surface area (Å²) in [5.41, 5.74) is 5.99. The first-order chi connectivity index (χ1) is 13.7. The summed E-state index contributed by atoms with van der Waals surface area (Å²) < 4.78 is 2.07. The van der Waals surface area contributed by atoms with Gasteiger partial charge < -0.3 is 4.57 Å². The van der Waals surface area contributed by atoms with E-state index in [0.29, 0.717) is 6.54 Å². The van der Waals surface area contributed by atoms with Gasteiger partial charge in [0.15, 0.2) is 5.82 Å². The van der Waals surface area contributed by atoms with E-state index < -0.39 is 0 Å². The Kier molecular flexibility index (Phi) is 5.34. The number of halogens is 2. The molecule has 0 aliphatic carbocycles. The van der Waals surface area contributed by atoms with Gasteiger partial charge in [-0.15, -0.1) is 12.4 Å². The Morgan fingerprint density at radius 3 is 2.41 bits per heavy atom. The van der Waals surface area contributed by atoms with E-state index in [1.807, 2.05) is 60.9 Å². The highest BCUT2D eigenvalue weighted by molar-refractivity contribution is 6.30. The van der Waals surface area contributed by atoms with E-state index in [-0.39, 0.29) is 12.4 Å². The fraction of sp³-hybridized carbons (Fsp3) is 0.0455. The molecule has 0 saturated heterocycles. The second-order valence-electron chi connectivity index (χ2n) is 6.60. The monoisotopic (exact) mass is 421 g/mol. The molecule has 0 spiro atoms. The summed E-state index contributed by atoms with van der Waals surface area (Å²) in [5, 5.41) is 7.69. The number of hydrogen-bond acceptors (Lipinski definition) is 3. The normalized spacial score (nSPS) is 10.8. The van der Waals surface area contributed by atoms with Crippen LogP contribution in [0.4, 0.5) is 0 Å². The molecule has 2 aliphatic rings. The Labute approximate surface area is 179 Å². The van der Waals surface area contributed by atoms with Gasteiger partial charge in [0, 0.05) is 29.2 Å². The number of aromatic nitrogens is 5. The molecule has 7 heteroatoms. The molecule has 0 atom stereocenters. The molecule has 0 bridgehead atoms. The summed E-state index contributed by atoms with van der Waals surface area (Å²) in [6.45, 7) is 0.715. The first-order valence-electron chi connectivity index (χ1n) is 8.93. The minimum Gasteiger partial charge on any atom is -0.346 e. The van der Waals surface area contributed by atoms with Crippen LogP contribution in [-0.4, -0.2) is 24.7 Å². The van der Waals surface area contributed by atoms with Gasteiger partial charge in [0.1, 0.15) is 5.69 Å². The zero-order valence-electron chi connectivity index (χ0n) is 15.3. The van der Waals surface area contributed by atoms with Gasteiger partial charge in [0.2, 0.25) is 0 Å². The highest BCUT2D eigenvalue weighted by Crippen LogP contribution is 2.28. The summed E-state index contributed by atoms with van der Waals surface area (Å²) in [6, 6.07) is 20.0. The number of imidazole rings is 1. The number of pyridine rings is 1. The molecule has 144 valence electrons. The Hall–Kier alpha value is -3.15. The maximum absolute atomic E-state index is 6.10. The minimum absolute atomic E-state index is 0. The molecule has 0 fully saturated rings. The van der Waals surface area contributed by atoms with Gasteiger partial charge >= 0.3 is 0 Å². The first-order valence-corrected chi connectivity index (χ1v) is 9.30. The first kappa shape index (κ1) is 19.2. The lowest BCUT2D eigenvalue weighted by Crippen LogP contribution is -2.01. The van der Waals surface area contributed by atoms with Crippen LogP contribution < -0.4 is 0 Å². The van der Waals surface area contributed by atoms with Crippen LogP contribution in [0.25, 0.3) is 33.9 Å². The molecule has 5 nitrogen and oxygen atoms in total. The molecule has 5 rings (SSSR count). The van der Waals surface area contributed by atoms with Crippen LogP contribution in [-0.2, 0) is 6.54 Å². The van der Waals surface area contributed by atoms with Crippen molar-refractivity contribution in [1.29, 1.82) is 0 Å². The van der Waals surface area contributed by atoms with Crippen molar-refractivity contribution in [3.63, 3.8) is 0 Å². The Morgan fingerprint density at radius 1 is 0.862 bits per heavy atom. The van der Waals surface area contributed by atoms with Crippen LogP contribution in [0.2, 0.25) is 5.02 Å². The molecular formula is C22H17Cl2N5. The highest BCUT2D eigenvalue weighted by Gasteiger charge is 2.13. The second-order valence-corrected chi connectivity index (χ2v) is 7.04. The average Bonchev–Trinajstić information content (AvgIpc) is 3.37. The van der Waals surface area contributed by atoms with E-state index in [1.165, 1.54) is 0 Å². The van der Waals surface area contributed by atoms with Gasteiger partial charge in [-0.3, -0.25) is 5.10 Å². The summed E-state index contributed by atoms with van der Waals surface area (Å²) >= 11 is 6.10. The van der Waals surface area contributed by atoms with E-state index in [9.17, 15) is 0 Å². The fourth-order valence-corrected chi connectivity index (χ4v) is 3.42. The number of rotatable bonds is 4. The van der Waals surface area contributed by atoms with E-state index in [2.05, 4.69) is 31.9 Å². The number of fused-ring (bicyclic) bond motifs is 1. The molecule has 0 saturated carbocycles. The Balaban J connectivity index is 0.00000205. The van der Waals surface area contributed by atoms with Gasteiger partial charge in [-0.25, -0.2) is 9.97 Å². The molecule has 3 heterocycles. The SMILES string of the molecule is Cl.Clc1cccc(-c2ccc(-c3nc4ccn(Cc5ccn[nH]5)cc-4n3)cc2)c1. The molecule has 0 radical (unpaired) electrons. The minimum atomic E-state index is 0. The Bertz CT molecular complexity index is 1200. The Morgan fingerprint density at radius 2 is 1.66 bits per heavy atom. The second kappa shape index (κ2) is 8.07. The van der Waals surface area contributed by atoms with Crippen LogP contribution in [0.3, 0.4) is 0 Å². The van der Waals surface area contributed by atoms with Gasteiger partial charge in [0.25, 0.3) is 0 Å². The van der Waals surface area contributed by atoms with Crippen molar-refractivity contribution >= 4 is 24.0 Å². The summed E-state index contributed by atoms with van der Waals surface area (Å²) in [4.78, 5) is 9.38. The quantitative estimate of drug-likeness (QED) is 0.412. The van der Waals surface area contributed by atoms with Crippen LogP contribution in [0, 0.1) is 0 Å². The van der Waals surface area contributed by atoms with E-state index in [4.69, 9.17) is 16.6 Å². The molecule has 0 unspecified atom stereocenters. The molecule has 1 N–H and O–H groups in total. The van der Waals surface area contributed by atoms with Gasteiger partial charge in [-0.2, -0.15) is 5.10 Å². The van der Waals surface area contributed by atoms with E-state index in [1.54, 1.807) is 6.20 Å². The third-order valence-electron chi connectivity index (χ3n) is 4.64. The zero-order chi connectivity index (χ0) is 18.9. The number of benzene rings is 2. The van der Waals surface area contributed by atoms with Gasteiger partial charge in [-0.05, 0) is 35.4 Å². The number of nitrogens with one attached hydrogen (secondary N) is 1.